The molecule has 1 aliphatic rings. The molecule has 1 aliphatic heterocycles. The molecule has 3 N–H and O–H groups in total. The van der Waals surface area contributed by atoms with E-state index in [4.69, 9.17) is 5.11 Å². The number of carboxylic acid groups (broad SMARTS) is 1. The molecule has 1 aromatic rings. The van der Waals surface area contributed by atoms with Gasteiger partial charge in [0.15, 0.2) is 0 Å². The normalized spacial score (nSPS) is 20.1. The Balaban J connectivity index is 1.83. The van der Waals surface area contributed by atoms with Gasteiger partial charge in [0.2, 0.25) is 5.91 Å². The lowest BCUT2D eigenvalue weighted by Gasteiger charge is -2.28. The molecule has 1 amide bonds. The van der Waals surface area contributed by atoms with Crippen LogP contribution in [-0.4, -0.2) is 51.8 Å². The van der Waals surface area contributed by atoms with Crippen molar-refractivity contribution >= 4 is 19.4 Å². The number of rotatable bonds is 9. The number of aliphatic carboxylic acids is 1. The van der Waals surface area contributed by atoms with Crippen LogP contribution in [0, 0.1) is 0 Å². The van der Waals surface area contributed by atoms with Crippen molar-refractivity contribution in [1.29, 1.82) is 0 Å². The van der Waals surface area contributed by atoms with Crippen LogP contribution >= 0.6 is 7.52 Å². The van der Waals surface area contributed by atoms with Gasteiger partial charge in [0.1, 0.15) is 6.54 Å². The maximum atomic E-state index is 12.7. The Morgan fingerprint density at radius 2 is 1.96 bits per heavy atom. The van der Waals surface area contributed by atoms with Crippen LogP contribution in [0.2, 0.25) is 0 Å². The van der Waals surface area contributed by atoms with Crippen LogP contribution in [0.4, 0.5) is 0 Å². The Morgan fingerprint density at radius 3 is 2.64 bits per heavy atom. The molecule has 0 radical (unpaired) electrons. The fraction of sp³-hybridized carbons (Fsp3) is 0.529. The number of carbonyl (C=O) groups excluding carboxylic acids is 1. The molecular weight excluding hydrogens is 343 g/mol. The summed E-state index contributed by atoms with van der Waals surface area (Å²) in [4.78, 5) is 33.0. The number of aryl methyl sites for hydroxylation is 1. The van der Waals surface area contributed by atoms with Gasteiger partial charge in [-0.3, -0.25) is 14.2 Å². The predicted octanol–water partition coefficient (Wildman–Crippen LogP) is 1.86. The van der Waals surface area contributed by atoms with E-state index in [0.29, 0.717) is 25.8 Å². The third-order valence-electron chi connectivity index (χ3n) is 4.35. The molecule has 1 heterocycles. The minimum absolute atomic E-state index is 0.141. The number of carboxylic acids is 1. The summed E-state index contributed by atoms with van der Waals surface area (Å²) in [5.74, 6) is -1.62. The lowest BCUT2D eigenvalue weighted by atomic mass is 10.1. The third kappa shape index (κ3) is 5.96. The van der Waals surface area contributed by atoms with Crippen molar-refractivity contribution in [3.8, 4) is 0 Å². The van der Waals surface area contributed by atoms with Crippen molar-refractivity contribution in [2.45, 2.75) is 38.1 Å². The summed E-state index contributed by atoms with van der Waals surface area (Å²) in [7, 11) is -3.59. The van der Waals surface area contributed by atoms with E-state index in [2.05, 4.69) is 5.32 Å². The van der Waals surface area contributed by atoms with E-state index in [0.717, 1.165) is 12.8 Å². The first-order valence-corrected chi connectivity index (χ1v) is 10.3. The number of carbonyl (C=O) groups is 2. The topological polar surface area (TPSA) is 107 Å². The summed E-state index contributed by atoms with van der Waals surface area (Å²) >= 11 is 0. The van der Waals surface area contributed by atoms with Crippen molar-refractivity contribution < 1.29 is 24.2 Å². The van der Waals surface area contributed by atoms with Gasteiger partial charge < -0.3 is 15.3 Å². The molecule has 0 bridgehead atoms. The van der Waals surface area contributed by atoms with Crippen LogP contribution in [0.25, 0.3) is 0 Å². The number of hydrogen-bond donors (Lipinski definition) is 3. The number of nitrogens with one attached hydrogen (secondary N) is 1. The second-order valence-corrected chi connectivity index (χ2v) is 8.55. The zero-order valence-corrected chi connectivity index (χ0v) is 15.0. The molecular formula is C17H25N2O5P. The van der Waals surface area contributed by atoms with Crippen molar-refractivity contribution in [2.24, 2.45) is 0 Å². The van der Waals surface area contributed by atoms with Crippen LogP contribution < -0.4 is 5.32 Å². The smallest absolute Gasteiger partial charge is 0.322 e. The Hall–Kier alpha value is -1.69. The molecule has 0 saturated carbocycles. The number of unbranched alkanes of at least 4 members (excludes halogenated alkanes) is 1. The Labute approximate surface area is 147 Å². The van der Waals surface area contributed by atoms with E-state index in [-0.39, 0.29) is 6.16 Å². The zero-order valence-electron chi connectivity index (χ0n) is 14.1. The van der Waals surface area contributed by atoms with Gasteiger partial charge in [0.05, 0.1) is 6.04 Å². The zero-order chi connectivity index (χ0) is 18.3. The molecule has 2 atom stereocenters. The van der Waals surface area contributed by atoms with Gasteiger partial charge in [-0.2, -0.15) is 0 Å². The molecule has 1 unspecified atom stereocenters. The second-order valence-electron chi connectivity index (χ2n) is 6.26. The summed E-state index contributed by atoms with van der Waals surface area (Å²) in [6, 6.07) is 9.23. The highest BCUT2D eigenvalue weighted by atomic mass is 31.2. The number of benzene rings is 1. The molecule has 0 spiro atoms. The SMILES string of the molecule is O=C(O)CNC(=O)[C@H]1CCCN1P(=O)(O)CCCCc1ccccc1. The van der Waals surface area contributed by atoms with Crippen molar-refractivity contribution in [1.82, 2.24) is 9.99 Å². The van der Waals surface area contributed by atoms with Crippen molar-refractivity contribution in [3.05, 3.63) is 35.9 Å². The molecule has 8 heteroatoms. The van der Waals surface area contributed by atoms with E-state index in [1.54, 1.807) is 0 Å². The predicted molar refractivity (Wildman–Crippen MR) is 94.4 cm³/mol. The molecule has 1 saturated heterocycles. The van der Waals surface area contributed by atoms with Crippen LogP contribution in [-0.2, 0) is 20.6 Å². The molecule has 1 fully saturated rings. The molecule has 25 heavy (non-hydrogen) atoms. The van der Waals surface area contributed by atoms with Gasteiger partial charge >= 0.3 is 5.97 Å². The molecule has 0 aliphatic carbocycles. The summed E-state index contributed by atoms with van der Waals surface area (Å²) in [5, 5.41) is 10.9. The van der Waals surface area contributed by atoms with Gasteiger partial charge in [-0.15, -0.1) is 0 Å². The van der Waals surface area contributed by atoms with Crippen molar-refractivity contribution in [2.75, 3.05) is 19.3 Å². The average Bonchev–Trinajstić information content (AvgIpc) is 3.08. The van der Waals surface area contributed by atoms with E-state index in [1.807, 2.05) is 30.3 Å². The van der Waals surface area contributed by atoms with Gasteiger partial charge in [-0.1, -0.05) is 30.3 Å². The highest BCUT2D eigenvalue weighted by Crippen LogP contribution is 2.50. The van der Waals surface area contributed by atoms with Crippen molar-refractivity contribution in [3.63, 3.8) is 0 Å². The number of amides is 1. The van der Waals surface area contributed by atoms with Gasteiger partial charge in [0, 0.05) is 12.7 Å². The molecule has 1 aromatic carbocycles. The Morgan fingerprint density at radius 1 is 1.24 bits per heavy atom. The van der Waals surface area contributed by atoms with E-state index < -0.39 is 32.0 Å². The third-order valence-corrected chi connectivity index (χ3v) is 6.53. The Bertz CT molecular complexity index is 637. The number of nitrogens with zero attached hydrogens (tertiary/aromatic N) is 1. The summed E-state index contributed by atoms with van der Waals surface area (Å²) in [6.07, 6.45) is 3.52. The fourth-order valence-electron chi connectivity index (χ4n) is 3.09. The molecule has 138 valence electrons. The standard InChI is InChI=1S/C17H25N2O5P/c20-16(21)13-18-17(22)15-10-6-11-19(15)25(23,24)12-5-4-9-14-7-2-1-3-8-14/h1-3,7-8,15H,4-6,9-13H2,(H,18,22)(H,20,21)(H,23,24)/t15-/m1/s1. The molecule has 7 nitrogen and oxygen atoms in total. The number of hydrogen-bond acceptors (Lipinski definition) is 3. The largest absolute Gasteiger partial charge is 0.480 e. The Kier molecular flexibility index (Phi) is 7.17. The van der Waals surface area contributed by atoms with Gasteiger partial charge in [-0.25, -0.2) is 4.67 Å². The maximum absolute atomic E-state index is 12.7. The minimum Gasteiger partial charge on any atom is -0.480 e. The second kappa shape index (κ2) is 9.13. The van der Waals surface area contributed by atoms with E-state index in [9.17, 15) is 19.0 Å². The fourth-order valence-corrected chi connectivity index (χ4v) is 5.09. The van der Waals surface area contributed by atoms with E-state index >= 15 is 0 Å². The molecule has 2 rings (SSSR count). The summed E-state index contributed by atoms with van der Waals surface area (Å²) in [5.41, 5.74) is 1.20. The van der Waals surface area contributed by atoms with Gasteiger partial charge in [0.25, 0.3) is 7.52 Å². The minimum atomic E-state index is -3.59. The van der Waals surface area contributed by atoms with Crippen LogP contribution in [0.3, 0.4) is 0 Å². The molecule has 0 aromatic heterocycles. The lowest BCUT2D eigenvalue weighted by Crippen LogP contribution is -2.43. The first-order valence-electron chi connectivity index (χ1n) is 8.52. The van der Waals surface area contributed by atoms with Gasteiger partial charge in [-0.05, 0) is 37.7 Å². The highest BCUT2D eigenvalue weighted by molar-refractivity contribution is 7.55. The summed E-state index contributed by atoms with van der Waals surface area (Å²) in [6.45, 7) is -0.0897. The monoisotopic (exact) mass is 368 g/mol. The summed E-state index contributed by atoms with van der Waals surface area (Å²) < 4.78 is 14.0. The lowest BCUT2D eigenvalue weighted by molar-refractivity contribution is -0.138. The van der Waals surface area contributed by atoms with E-state index in [1.165, 1.54) is 10.2 Å². The average molecular weight is 368 g/mol. The highest BCUT2D eigenvalue weighted by Gasteiger charge is 2.40. The van der Waals surface area contributed by atoms with Crippen LogP contribution in [0.15, 0.2) is 30.3 Å². The maximum Gasteiger partial charge on any atom is 0.322 e. The quantitative estimate of drug-likeness (QED) is 0.454. The first-order chi connectivity index (χ1) is 11.9. The van der Waals surface area contributed by atoms with Crippen LogP contribution in [0.1, 0.15) is 31.2 Å². The first kappa shape index (κ1) is 19.6. The van der Waals surface area contributed by atoms with Crippen LogP contribution in [0.5, 0.6) is 0 Å².